The molecule has 1 aliphatic carbocycles. The fourth-order valence-corrected chi connectivity index (χ4v) is 4.81. The van der Waals surface area contributed by atoms with Gasteiger partial charge in [-0.3, -0.25) is 0 Å². The molecule has 0 saturated heterocycles. The van der Waals surface area contributed by atoms with Crippen LogP contribution in [-0.4, -0.2) is 8.32 Å². The SMILES string of the molecule is CC[Si](CC)(CC)OC1=C(F)CC(C)(C)C=C1. The van der Waals surface area contributed by atoms with Crippen LogP contribution in [0.2, 0.25) is 18.1 Å². The van der Waals surface area contributed by atoms with Crippen molar-refractivity contribution in [2.24, 2.45) is 5.41 Å². The first-order valence-corrected chi connectivity index (χ1v) is 9.18. The average Bonchev–Trinajstić information content (AvgIpc) is 2.28. The highest BCUT2D eigenvalue weighted by Crippen LogP contribution is 2.36. The molecule has 0 fully saturated rings. The summed E-state index contributed by atoms with van der Waals surface area (Å²) >= 11 is 0. The fraction of sp³-hybridized carbons (Fsp3) is 0.714. The highest BCUT2D eigenvalue weighted by atomic mass is 28.4. The van der Waals surface area contributed by atoms with Gasteiger partial charge in [-0.15, -0.1) is 0 Å². The van der Waals surface area contributed by atoms with Crippen molar-refractivity contribution in [1.29, 1.82) is 0 Å². The van der Waals surface area contributed by atoms with Crippen LogP contribution in [0.3, 0.4) is 0 Å². The maximum absolute atomic E-state index is 14.0. The maximum atomic E-state index is 14.0. The van der Waals surface area contributed by atoms with Crippen LogP contribution >= 0.6 is 0 Å². The monoisotopic (exact) mass is 256 g/mol. The van der Waals surface area contributed by atoms with Gasteiger partial charge in [0.25, 0.3) is 8.32 Å². The van der Waals surface area contributed by atoms with Crippen LogP contribution in [0.15, 0.2) is 23.7 Å². The van der Waals surface area contributed by atoms with Crippen LogP contribution in [0.25, 0.3) is 0 Å². The summed E-state index contributed by atoms with van der Waals surface area (Å²) in [6.45, 7) is 10.6. The summed E-state index contributed by atoms with van der Waals surface area (Å²) in [7, 11) is -1.74. The van der Waals surface area contributed by atoms with Crippen molar-refractivity contribution in [2.45, 2.75) is 59.2 Å². The maximum Gasteiger partial charge on any atom is 0.250 e. The normalized spacial score (nSPS) is 19.6. The van der Waals surface area contributed by atoms with Crippen LogP contribution in [0.4, 0.5) is 4.39 Å². The molecule has 1 aliphatic rings. The fourth-order valence-electron chi connectivity index (χ4n) is 2.23. The summed E-state index contributed by atoms with van der Waals surface area (Å²) in [5, 5.41) is 0. The molecule has 17 heavy (non-hydrogen) atoms. The zero-order chi connectivity index (χ0) is 13.1. The Morgan fingerprint density at radius 1 is 1.24 bits per heavy atom. The standard InChI is InChI=1S/C14H25FOSi/c1-6-17(7-2,8-3)16-13-9-10-14(4,5)11-12(13)15/h9-10H,6-8,11H2,1-5H3. The summed E-state index contributed by atoms with van der Waals surface area (Å²) < 4.78 is 20.1. The van der Waals surface area contributed by atoms with Gasteiger partial charge >= 0.3 is 0 Å². The Kier molecular flexibility index (Phi) is 4.59. The first kappa shape index (κ1) is 14.5. The van der Waals surface area contributed by atoms with Gasteiger partial charge in [0.1, 0.15) is 11.6 Å². The van der Waals surface area contributed by atoms with Gasteiger partial charge in [-0.2, -0.15) is 0 Å². The van der Waals surface area contributed by atoms with Crippen LogP contribution in [0, 0.1) is 5.41 Å². The van der Waals surface area contributed by atoms with Crippen molar-refractivity contribution in [3.05, 3.63) is 23.7 Å². The Balaban J connectivity index is 2.86. The third-order valence-electron chi connectivity index (χ3n) is 3.82. The van der Waals surface area contributed by atoms with Gasteiger partial charge < -0.3 is 4.43 Å². The zero-order valence-electron chi connectivity index (χ0n) is 11.8. The van der Waals surface area contributed by atoms with Crippen molar-refractivity contribution in [1.82, 2.24) is 0 Å². The molecule has 0 aliphatic heterocycles. The second-order valence-corrected chi connectivity index (χ2v) is 10.3. The molecule has 0 saturated carbocycles. The lowest BCUT2D eigenvalue weighted by atomic mass is 9.85. The molecule has 0 spiro atoms. The minimum absolute atomic E-state index is 0.0776. The minimum Gasteiger partial charge on any atom is -0.542 e. The Morgan fingerprint density at radius 3 is 2.18 bits per heavy atom. The molecular formula is C14H25FOSi. The third kappa shape index (κ3) is 3.44. The summed E-state index contributed by atoms with van der Waals surface area (Å²) in [5.41, 5.74) is -0.0776. The average molecular weight is 256 g/mol. The second kappa shape index (κ2) is 5.38. The lowest BCUT2D eigenvalue weighted by molar-refractivity contribution is 0.341. The number of rotatable bonds is 5. The van der Waals surface area contributed by atoms with E-state index in [4.69, 9.17) is 4.43 Å². The smallest absolute Gasteiger partial charge is 0.250 e. The van der Waals surface area contributed by atoms with Gasteiger partial charge in [-0.05, 0) is 29.6 Å². The predicted octanol–water partition coefficient (Wildman–Crippen LogP) is 5.18. The van der Waals surface area contributed by atoms with Crippen LogP contribution in [-0.2, 0) is 4.43 Å². The molecule has 0 unspecified atom stereocenters. The molecule has 1 rings (SSSR count). The lowest BCUT2D eigenvalue weighted by Crippen LogP contribution is -2.35. The predicted molar refractivity (Wildman–Crippen MR) is 74.0 cm³/mol. The molecule has 98 valence electrons. The molecule has 3 heteroatoms. The quantitative estimate of drug-likeness (QED) is 0.616. The molecular weight excluding hydrogens is 231 g/mol. The Bertz CT molecular complexity index is 319. The van der Waals surface area contributed by atoms with Crippen molar-refractivity contribution in [2.75, 3.05) is 0 Å². The van der Waals surface area contributed by atoms with E-state index in [1.165, 1.54) is 0 Å². The van der Waals surface area contributed by atoms with E-state index in [0.29, 0.717) is 12.2 Å². The van der Waals surface area contributed by atoms with Gasteiger partial charge in [0.05, 0.1) is 0 Å². The van der Waals surface area contributed by atoms with Crippen molar-refractivity contribution in [3.8, 4) is 0 Å². The van der Waals surface area contributed by atoms with E-state index in [1.807, 2.05) is 19.9 Å². The summed E-state index contributed by atoms with van der Waals surface area (Å²) in [6.07, 6.45) is 4.35. The van der Waals surface area contributed by atoms with E-state index in [9.17, 15) is 4.39 Å². The Morgan fingerprint density at radius 2 is 1.76 bits per heavy atom. The highest BCUT2D eigenvalue weighted by Gasteiger charge is 2.33. The molecule has 0 heterocycles. The van der Waals surface area contributed by atoms with Crippen LogP contribution < -0.4 is 0 Å². The number of hydrogen-bond acceptors (Lipinski definition) is 1. The van der Waals surface area contributed by atoms with E-state index in [0.717, 1.165) is 18.1 Å². The molecule has 0 amide bonds. The van der Waals surface area contributed by atoms with Gasteiger partial charge in [-0.25, -0.2) is 4.39 Å². The molecule has 0 aromatic rings. The van der Waals surface area contributed by atoms with E-state index in [2.05, 4.69) is 26.8 Å². The van der Waals surface area contributed by atoms with Crippen molar-refractivity contribution < 1.29 is 8.82 Å². The number of hydrogen-bond donors (Lipinski definition) is 0. The van der Waals surface area contributed by atoms with E-state index in [1.54, 1.807) is 0 Å². The van der Waals surface area contributed by atoms with E-state index < -0.39 is 8.32 Å². The molecule has 0 radical (unpaired) electrons. The summed E-state index contributed by atoms with van der Waals surface area (Å²) in [5.74, 6) is 0.422. The number of halogens is 1. The summed E-state index contributed by atoms with van der Waals surface area (Å²) in [6, 6.07) is 3.15. The van der Waals surface area contributed by atoms with Crippen LogP contribution in [0.1, 0.15) is 41.0 Å². The second-order valence-electron chi connectivity index (χ2n) is 5.61. The molecule has 0 aromatic carbocycles. The van der Waals surface area contributed by atoms with Gasteiger partial charge in [0.15, 0.2) is 0 Å². The Hall–Kier alpha value is -0.573. The largest absolute Gasteiger partial charge is 0.542 e. The highest BCUT2D eigenvalue weighted by molar-refractivity contribution is 6.73. The first-order chi connectivity index (χ1) is 7.88. The van der Waals surface area contributed by atoms with Gasteiger partial charge in [-0.1, -0.05) is 40.7 Å². The summed E-state index contributed by atoms with van der Waals surface area (Å²) in [4.78, 5) is 0. The van der Waals surface area contributed by atoms with Crippen molar-refractivity contribution in [3.63, 3.8) is 0 Å². The lowest BCUT2D eigenvalue weighted by Gasteiger charge is -2.32. The number of allylic oxidation sites excluding steroid dienone is 3. The van der Waals surface area contributed by atoms with E-state index >= 15 is 0 Å². The van der Waals surface area contributed by atoms with E-state index in [-0.39, 0.29) is 11.2 Å². The minimum atomic E-state index is -1.74. The van der Waals surface area contributed by atoms with Gasteiger partial charge in [0.2, 0.25) is 0 Å². The third-order valence-corrected chi connectivity index (χ3v) is 8.34. The first-order valence-electron chi connectivity index (χ1n) is 6.65. The Labute approximate surface area is 106 Å². The molecule has 0 bridgehead atoms. The molecule has 0 atom stereocenters. The zero-order valence-corrected chi connectivity index (χ0v) is 12.8. The van der Waals surface area contributed by atoms with Crippen LogP contribution in [0.5, 0.6) is 0 Å². The topological polar surface area (TPSA) is 9.23 Å². The van der Waals surface area contributed by atoms with Gasteiger partial charge in [0, 0.05) is 6.42 Å². The molecule has 0 N–H and O–H groups in total. The van der Waals surface area contributed by atoms with Crippen molar-refractivity contribution >= 4 is 8.32 Å². The molecule has 0 aromatic heterocycles. The molecule has 1 nitrogen and oxygen atoms in total.